The van der Waals surface area contributed by atoms with Gasteiger partial charge in [0.15, 0.2) is 5.60 Å². The molecule has 3 atom stereocenters. The summed E-state index contributed by atoms with van der Waals surface area (Å²) in [7, 11) is 0. The maximum absolute atomic E-state index is 13.4. The summed E-state index contributed by atoms with van der Waals surface area (Å²) in [5, 5.41) is 11.6. The molecule has 0 radical (unpaired) electrons. The van der Waals surface area contributed by atoms with Gasteiger partial charge in [-0.05, 0) is 50.3 Å². The number of rotatable bonds is 9. The average Bonchev–Trinajstić information content (AvgIpc) is 3.49. The monoisotopic (exact) mass is 517 g/mol. The van der Waals surface area contributed by atoms with Crippen molar-refractivity contribution < 1.29 is 19.4 Å². The van der Waals surface area contributed by atoms with Crippen LogP contribution in [0, 0.1) is 5.92 Å². The van der Waals surface area contributed by atoms with E-state index in [0.29, 0.717) is 12.2 Å². The fraction of sp³-hybridized carbons (Fsp3) is 0.519. The van der Waals surface area contributed by atoms with Gasteiger partial charge in [0.2, 0.25) is 0 Å². The zero-order chi connectivity index (χ0) is 22.4. The van der Waals surface area contributed by atoms with Crippen LogP contribution in [0.15, 0.2) is 60.7 Å². The molecule has 2 unspecified atom stereocenters. The van der Waals surface area contributed by atoms with Crippen LogP contribution >= 0.6 is 17.0 Å². The van der Waals surface area contributed by atoms with Crippen molar-refractivity contribution in [1.29, 1.82) is 0 Å². The third kappa shape index (κ3) is 5.97. The molecule has 2 aliphatic rings. The molecule has 6 heteroatoms. The number of para-hydroxylation sites is 1. The van der Waals surface area contributed by atoms with Crippen LogP contribution < -0.4 is 4.74 Å². The zero-order valence-corrected chi connectivity index (χ0v) is 21.1. The van der Waals surface area contributed by atoms with Crippen molar-refractivity contribution >= 4 is 23.0 Å². The predicted molar refractivity (Wildman–Crippen MR) is 135 cm³/mol. The van der Waals surface area contributed by atoms with Gasteiger partial charge in [-0.1, -0.05) is 61.4 Å². The van der Waals surface area contributed by atoms with Crippen LogP contribution in [0.2, 0.25) is 0 Å². The fourth-order valence-corrected chi connectivity index (χ4v) is 5.20. The Kier molecular flexibility index (Phi) is 9.36. The van der Waals surface area contributed by atoms with Crippen LogP contribution in [0.25, 0.3) is 0 Å². The minimum absolute atomic E-state index is 0. The molecule has 180 valence electrons. The van der Waals surface area contributed by atoms with E-state index >= 15 is 0 Å². The molecule has 4 rings (SSSR count). The summed E-state index contributed by atoms with van der Waals surface area (Å²) in [6, 6.07) is 19.3. The summed E-state index contributed by atoms with van der Waals surface area (Å²) >= 11 is 0. The molecule has 0 bridgehead atoms. The molecule has 0 amide bonds. The highest BCUT2D eigenvalue weighted by Crippen LogP contribution is 2.42. The van der Waals surface area contributed by atoms with Crippen LogP contribution in [0.3, 0.4) is 0 Å². The molecule has 1 aliphatic heterocycles. The topological polar surface area (TPSA) is 59.0 Å². The van der Waals surface area contributed by atoms with E-state index in [-0.39, 0.29) is 35.0 Å². The maximum atomic E-state index is 13.4. The summed E-state index contributed by atoms with van der Waals surface area (Å²) in [4.78, 5) is 15.7. The van der Waals surface area contributed by atoms with Gasteiger partial charge >= 0.3 is 5.97 Å². The lowest BCUT2D eigenvalue weighted by molar-refractivity contribution is -0.180. The summed E-state index contributed by atoms with van der Waals surface area (Å²) in [5.41, 5.74) is -0.911. The molecule has 1 heterocycles. The third-order valence-electron chi connectivity index (χ3n) is 7.15. The van der Waals surface area contributed by atoms with Gasteiger partial charge in [-0.3, -0.25) is 4.90 Å². The van der Waals surface area contributed by atoms with E-state index in [1.165, 1.54) is 0 Å². The summed E-state index contributed by atoms with van der Waals surface area (Å²) < 4.78 is 11.8. The Morgan fingerprint density at radius 3 is 2.33 bits per heavy atom. The van der Waals surface area contributed by atoms with E-state index in [9.17, 15) is 9.90 Å². The van der Waals surface area contributed by atoms with Crippen LogP contribution in [-0.4, -0.2) is 47.8 Å². The average molecular weight is 518 g/mol. The van der Waals surface area contributed by atoms with Gasteiger partial charge in [-0.25, -0.2) is 4.79 Å². The summed E-state index contributed by atoms with van der Waals surface area (Å²) in [6.45, 7) is 4.55. The molecule has 0 spiro atoms. The van der Waals surface area contributed by atoms with Gasteiger partial charge in [0.25, 0.3) is 0 Å². The van der Waals surface area contributed by atoms with Crippen molar-refractivity contribution in [3.63, 3.8) is 0 Å². The molecule has 1 saturated carbocycles. The molecular formula is C27H36BrNO4. The van der Waals surface area contributed by atoms with E-state index in [4.69, 9.17) is 9.47 Å². The van der Waals surface area contributed by atoms with Crippen molar-refractivity contribution in [2.24, 2.45) is 5.92 Å². The number of nitrogens with zero attached hydrogens (tertiary/aromatic N) is 1. The normalized spacial score (nSPS) is 23.0. The van der Waals surface area contributed by atoms with Crippen LogP contribution in [0.1, 0.15) is 51.0 Å². The van der Waals surface area contributed by atoms with Crippen molar-refractivity contribution in [3.8, 4) is 5.75 Å². The van der Waals surface area contributed by atoms with Gasteiger partial charge in [0.05, 0.1) is 6.61 Å². The largest absolute Gasteiger partial charge is 0.494 e. The lowest BCUT2D eigenvalue weighted by Crippen LogP contribution is -2.46. The molecule has 2 aromatic rings. The number of halogens is 1. The number of hydrogen-bond donors (Lipinski definition) is 1. The molecule has 5 nitrogen and oxygen atoms in total. The van der Waals surface area contributed by atoms with Gasteiger partial charge in [0.1, 0.15) is 11.9 Å². The second-order valence-electron chi connectivity index (χ2n) is 9.14. The highest BCUT2D eigenvalue weighted by molar-refractivity contribution is 8.93. The maximum Gasteiger partial charge on any atom is 0.343 e. The number of benzene rings is 2. The molecule has 2 fully saturated rings. The van der Waals surface area contributed by atoms with E-state index in [1.54, 1.807) is 0 Å². The molecule has 2 aromatic carbocycles. The lowest BCUT2D eigenvalue weighted by atomic mass is 9.80. The molecule has 1 aliphatic carbocycles. The number of carbonyl (C=O) groups excluding carboxylic acids is 1. The summed E-state index contributed by atoms with van der Waals surface area (Å²) in [6.07, 6.45) is 5.31. The fourth-order valence-electron chi connectivity index (χ4n) is 5.20. The first-order chi connectivity index (χ1) is 15.6. The number of likely N-dealkylation sites (tertiary alicyclic amines) is 1. The number of carbonyl (C=O) groups is 1. The highest BCUT2D eigenvalue weighted by atomic mass is 79.9. The zero-order valence-electron chi connectivity index (χ0n) is 19.4. The molecule has 33 heavy (non-hydrogen) atoms. The van der Waals surface area contributed by atoms with Gasteiger partial charge in [-0.15, -0.1) is 17.0 Å². The minimum atomic E-state index is -1.56. The Labute approximate surface area is 207 Å². The number of ether oxygens (including phenoxy) is 2. The Morgan fingerprint density at radius 2 is 1.67 bits per heavy atom. The first kappa shape index (κ1) is 25.7. The molecule has 1 N–H and O–H groups in total. The Morgan fingerprint density at radius 1 is 1.03 bits per heavy atom. The smallest absolute Gasteiger partial charge is 0.343 e. The Bertz CT molecular complexity index is 859. The molecular weight excluding hydrogens is 482 g/mol. The molecule has 1 saturated heterocycles. The second-order valence-corrected chi connectivity index (χ2v) is 9.14. The van der Waals surface area contributed by atoms with Gasteiger partial charge in [-0.2, -0.15) is 0 Å². The van der Waals surface area contributed by atoms with Crippen molar-refractivity contribution in [2.75, 3.05) is 19.7 Å². The van der Waals surface area contributed by atoms with Crippen molar-refractivity contribution in [2.45, 2.75) is 63.2 Å². The van der Waals surface area contributed by atoms with Crippen LogP contribution in [-0.2, 0) is 15.1 Å². The SMILES string of the molecule is Br.CC1C(OC(=O)[C@](O)(c2ccccc2)C2CCCC2)CCN1CCCOc1ccccc1. The molecule has 0 aromatic heterocycles. The van der Waals surface area contributed by atoms with E-state index in [1.807, 2.05) is 60.7 Å². The van der Waals surface area contributed by atoms with E-state index in [0.717, 1.165) is 57.4 Å². The number of hydrogen-bond acceptors (Lipinski definition) is 5. The third-order valence-corrected chi connectivity index (χ3v) is 7.15. The summed E-state index contributed by atoms with van der Waals surface area (Å²) in [5.74, 6) is 0.322. The Hall–Kier alpha value is -1.89. The van der Waals surface area contributed by atoms with E-state index < -0.39 is 11.6 Å². The van der Waals surface area contributed by atoms with Crippen LogP contribution in [0.5, 0.6) is 5.75 Å². The number of esters is 1. The highest BCUT2D eigenvalue weighted by Gasteiger charge is 2.49. The Balaban J connectivity index is 0.00000306. The quantitative estimate of drug-likeness (QED) is 0.369. The minimum Gasteiger partial charge on any atom is -0.494 e. The van der Waals surface area contributed by atoms with Crippen molar-refractivity contribution in [1.82, 2.24) is 4.90 Å². The first-order valence-corrected chi connectivity index (χ1v) is 12.0. The number of aliphatic hydroxyl groups is 1. The first-order valence-electron chi connectivity index (χ1n) is 12.0. The lowest BCUT2D eigenvalue weighted by Gasteiger charge is -2.34. The predicted octanol–water partition coefficient (Wildman–Crippen LogP) is 5.12. The van der Waals surface area contributed by atoms with Gasteiger partial charge in [0, 0.05) is 25.0 Å². The standard InChI is InChI=1S/C27H35NO4.BrH/c1-21-25(17-19-28(21)18-10-20-31-24-15-6-3-7-16-24)32-26(29)27(30,23-13-8-9-14-23)22-11-4-2-5-12-22;/h2-7,11-12,15-16,21,23,25,30H,8-10,13-14,17-20H2,1H3;1H/t21?,25?,27-;/m0./s1. The van der Waals surface area contributed by atoms with E-state index in [2.05, 4.69) is 11.8 Å². The second kappa shape index (κ2) is 12.0. The van der Waals surface area contributed by atoms with Crippen molar-refractivity contribution in [3.05, 3.63) is 66.2 Å². The van der Waals surface area contributed by atoms with Gasteiger partial charge < -0.3 is 14.6 Å². The van der Waals surface area contributed by atoms with Crippen LogP contribution in [0.4, 0.5) is 0 Å².